The Labute approximate surface area is 195 Å². The van der Waals surface area contributed by atoms with E-state index in [4.69, 9.17) is 0 Å². The molecular formula is C26H25FN4O3. The van der Waals surface area contributed by atoms with Crippen molar-refractivity contribution in [3.8, 4) is 0 Å². The van der Waals surface area contributed by atoms with Gasteiger partial charge in [-0.1, -0.05) is 42.5 Å². The topological polar surface area (TPSA) is 78.7 Å². The Kier molecular flexibility index (Phi) is 5.75. The molecule has 0 saturated carbocycles. The number of nitrogens with zero attached hydrogens (tertiary/aromatic N) is 4. The highest BCUT2D eigenvalue weighted by molar-refractivity contribution is 5.92. The molecule has 1 aliphatic rings. The summed E-state index contributed by atoms with van der Waals surface area (Å²) in [6, 6.07) is 15.8. The lowest BCUT2D eigenvalue weighted by molar-refractivity contribution is 0.0695. The quantitative estimate of drug-likeness (QED) is 0.489. The minimum atomic E-state index is -1.33. The third kappa shape index (κ3) is 3.90. The third-order valence-corrected chi connectivity index (χ3v) is 6.50. The normalized spacial score (nSPS) is 14.7. The molecule has 5 rings (SSSR count). The number of aromatic carboxylic acids is 1. The molecule has 1 aliphatic heterocycles. The first-order valence-electron chi connectivity index (χ1n) is 11.4. The smallest absolute Gasteiger partial charge is 0.341 e. The van der Waals surface area contributed by atoms with Gasteiger partial charge in [0.15, 0.2) is 11.6 Å². The summed E-state index contributed by atoms with van der Waals surface area (Å²) in [5.74, 6) is -1.75. The molecule has 0 atom stereocenters. The van der Waals surface area contributed by atoms with E-state index in [1.54, 1.807) is 4.57 Å². The summed E-state index contributed by atoms with van der Waals surface area (Å²) < 4.78 is 16.6. The molecule has 0 spiro atoms. The van der Waals surface area contributed by atoms with Crippen molar-refractivity contribution in [2.75, 3.05) is 31.1 Å². The lowest BCUT2D eigenvalue weighted by Gasteiger charge is -2.35. The molecule has 8 heteroatoms. The van der Waals surface area contributed by atoms with Crippen LogP contribution in [0.4, 0.5) is 10.2 Å². The average Bonchev–Trinajstić information content (AvgIpc) is 2.85. The molecule has 34 heavy (non-hydrogen) atoms. The van der Waals surface area contributed by atoms with Crippen LogP contribution in [0.1, 0.15) is 22.8 Å². The van der Waals surface area contributed by atoms with E-state index < -0.39 is 17.2 Å². The lowest BCUT2D eigenvalue weighted by atomic mass is 10.0. The zero-order valence-corrected chi connectivity index (χ0v) is 18.9. The summed E-state index contributed by atoms with van der Waals surface area (Å²) in [6.45, 7) is 5.76. The second kappa shape index (κ2) is 8.87. The third-order valence-electron chi connectivity index (χ3n) is 6.50. The van der Waals surface area contributed by atoms with Gasteiger partial charge in [-0.25, -0.2) is 14.2 Å². The van der Waals surface area contributed by atoms with Gasteiger partial charge in [-0.2, -0.15) is 0 Å². The molecule has 1 N–H and O–H groups in total. The first-order chi connectivity index (χ1) is 16.5. The maximum atomic E-state index is 15.1. The van der Waals surface area contributed by atoms with E-state index in [1.165, 1.54) is 22.5 Å². The molecule has 7 nitrogen and oxygen atoms in total. The maximum Gasteiger partial charge on any atom is 0.341 e. The van der Waals surface area contributed by atoms with E-state index in [-0.39, 0.29) is 16.8 Å². The van der Waals surface area contributed by atoms with Gasteiger partial charge in [0.05, 0.1) is 5.39 Å². The fourth-order valence-electron chi connectivity index (χ4n) is 4.68. The summed E-state index contributed by atoms with van der Waals surface area (Å²) in [5, 5.41) is 11.8. The number of piperazine rings is 1. The summed E-state index contributed by atoms with van der Waals surface area (Å²) in [7, 11) is 0. The number of hydrogen-bond donors (Lipinski definition) is 1. The molecule has 4 aromatic rings. The summed E-state index contributed by atoms with van der Waals surface area (Å²) in [4.78, 5) is 32.7. The monoisotopic (exact) mass is 460 g/mol. The van der Waals surface area contributed by atoms with Crippen LogP contribution in [0.15, 0.2) is 59.5 Å². The number of rotatable bonds is 5. The van der Waals surface area contributed by atoms with Crippen molar-refractivity contribution in [2.45, 2.75) is 20.0 Å². The van der Waals surface area contributed by atoms with E-state index in [0.717, 1.165) is 25.7 Å². The molecule has 0 aliphatic carbocycles. The van der Waals surface area contributed by atoms with Gasteiger partial charge in [0.1, 0.15) is 11.2 Å². The first-order valence-corrected chi connectivity index (χ1v) is 11.4. The van der Waals surface area contributed by atoms with Gasteiger partial charge in [0, 0.05) is 45.5 Å². The highest BCUT2D eigenvalue weighted by atomic mass is 19.1. The number of carbonyl (C=O) groups is 1. The van der Waals surface area contributed by atoms with E-state index in [1.807, 2.05) is 24.0 Å². The Morgan fingerprint density at radius 2 is 1.79 bits per heavy atom. The molecule has 0 unspecified atom stereocenters. The van der Waals surface area contributed by atoms with Gasteiger partial charge in [-0.15, -0.1) is 0 Å². The minimum Gasteiger partial charge on any atom is -0.477 e. The van der Waals surface area contributed by atoms with Gasteiger partial charge < -0.3 is 14.6 Å². The highest BCUT2D eigenvalue weighted by Gasteiger charge is 2.24. The molecule has 0 bridgehead atoms. The average molecular weight is 461 g/mol. The van der Waals surface area contributed by atoms with Crippen molar-refractivity contribution in [2.24, 2.45) is 0 Å². The largest absolute Gasteiger partial charge is 0.477 e. The molecule has 0 amide bonds. The first kappa shape index (κ1) is 22.0. The number of fused-ring (bicyclic) bond motifs is 2. The van der Waals surface area contributed by atoms with Crippen LogP contribution in [0.25, 0.3) is 21.8 Å². The van der Waals surface area contributed by atoms with Crippen molar-refractivity contribution < 1.29 is 14.3 Å². The summed E-state index contributed by atoms with van der Waals surface area (Å²) >= 11 is 0. The zero-order valence-electron chi connectivity index (χ0n) is 18.9. The number of aromatic nitrogens is 2. The number of aryl methyl sites for hydroxylation is 1. The number of carboxylic acids is 1. The highest BCUT2D eigenvalue weighted by Crippen LogP contribution is 2.24. The van der Waals surface area contributed by atoms with Crippen molar-refractivity contribution in [3.63, 3.8) is 0 Å². The van der Waals surface area contributed by atoms with Crippen LogP contribution in [-0.2, 0) is 13.1 Å². The summed E-state index contributed by atoms with van der Waals surface area (Å²) in [6.07, 6.45) is 1.28. The van der Waals surface area contributed by atoms with E-state index in [0.29, 0.717) is 25.3 Å². The summed E-state index contributed by atoms with van der Waals surface area (Å²) in [5.41, 5.74) is 0.463. The standard InChI is InChI=1S/C26H25FN4O3/c1-2-30-16-21(26(33)34)23(32)20-14-22(27)25(28-24(20)30)31-12-10-29(11-13-31)15-18-8-5-7-17-6-3-4-9-19(17)18/h3-9,14,16H,2,10-13,15H2,1H3,(H,33,34). The number of carboxylic acid groups (broad SMARTS) is 1. The molecule has 2 aromatic carbocycles. The number of halogens is 1. The number of hydrogen-bond acceptors (Lipinski definition) is 5. The Morgan fingerprint density at radius 3 is 2.53 bits per heavy atom. The van der Waals surface area contributed by atoms with Crippen LogP contribution in [0.5, 0.6) is 0 Å². The van der Waals surface area contributed by atoms with Crippen molar-refractivity contribution >= 4 is 33.6 Å². The van der Waals surface area contributed by atoms with Gasteiger partial charge in [-0.05, 0) is 29.3 Å². The van der Waals surface area contributed by atoms with Crippen LogP contribution in [0.3, 0.4) is 0 Å². The SMILES string of the molecule is CCn1cc(C(=O)O)c(=O)c2cc(F)c(N3CCN(Cc4cccc5ccccc45)CC3)nc21. The van der Waals surface area contributed by atoms with Crippen LogP contribution in [0.2, 0.25) is 0 Å². The Morgan fingerprint density at radius 1 is 1.06 bits per heavy atom. The van der Waals surface area contributed by atoms with Crippen LogP contribution >= 0.6 is 0 Å². The van der Waals surface area contributed by atoms with Crippen LogP contribution in [-0.4, -0.2) is 51.7 Å². The molecular weight excluding hydrogens is 435 g/mol. The Bertz CT molecular complexity index is 1450. The van der Waals surface area contributed by atoms with Gasteiger partial charge in [0.2, 0.25) is 5.43 Å². The predicted octanol–water partition coefficient (Wildman–Crippen LogP) is 3.73. The fourth-order valence-corrected chi connectivity index (χ4v) is 4.68. The van der Waals surface area contributed by atoms with E-state index in [9.17, 15) is 14.7 Å². The molecule has 174 valence electrons. The molecule has 1 fully saturated rings. The number of anilines is 1. The van der Waals surface area contributed by atoms with E-state index >= 15 is 4.39 Å². The molecule has 1 saturated heterocycles. The Balaban J connectivity index is 1.39. The second-order valence-electron chi connectivity index (χ2n) is 8.53. The van der Waals surface area contributed by atoms with Crippen molar-refractivity contribution in [3.05, 3.63) is 81.9 Å². The lowest BCUT2D eigenvalue weighted by Crippen LogP contribution is -2.46. The maximum absolute atomic E-state index is 15.1. The number of benzene rings is 2. The van der Waals surface area contributed by atoms with Gasteiger partial charge in [0.25, 0.3) is 0 Å². The zero-order chi connectivity index (χ0) is 23.8. The van der Waals surface area contributed by atoms with Crippen LogP contribution in [0, 0.1) is 5.82 Å². The predicted molar refractivity (Wildman–Crippen MR) is 130 cm³/mol. The van der Waals surface area contributed by atoms with Crippen LogP contribution < -0.4 is 10.3 Å². The van der Waals surface area contributed by atoms with Crippen molar-refractivity contribution in [1.29, 1.82) is 0 Å². The van der Waals surface area contributed by atoms with Crippen molar-refractivity contribution in [1.82, 2.24) is 14.5 Å². The number of pyridine rings is 2. The minimum absolute atomic E-state index is 0.0161. The molecule has 2 aromatic heterocycles. The fraction of sp³-hybridized carbons (Fsp3) is 0.269. The van der Waals surface area contributed by atoms with Gasteiger partial charge >= 0.3 is 5.97 Å². The molecule has 0 radical (unpaired) electrons. The second-order valence-corrected chi connectivity index (χ2v) is 8.53. The van der Waals surface area contributed by atoms with E-state index in [2.05, 4.69) is 40.2 Å². The Hall–Kier alpha value is -3.78. The molecule has 3 heterocycles. The van der Waals surface area contributed by atoms with Gasteiger partial charge in [-0.3, -0.25) is 9.69 Å².